The number of aromatic carboxylic acids is 1. The van der Waals surface area contributed by atoms with Gasteiger partial charge in [-0.2, -0.15) is 0 Å². The number of hydrogen-bond donors (Lipinski definition) is 1. The van der Waals surface area contributed by atoms with Gasteiger partial charge in [0.15, 0.2) is 0 Å². The Kier molecular flexibility index (Phi) is 4.85. The zero-order valence-corrected chi connectivity index (χ0v) is 13.3. The molecule has 2 aromatic carbocycles. The van der Waals surface area contributed by atoms with Crippen LogP contribution < -0.4 is 9.47 Å². The second-order valence-electron chi connectivity index (χ2n) is 4.53. The molecule has 0 heterocycles. The second-order valence-corrected chi connectivity index (χ2v) is 5.45. The monoisotopic (exact) mass is 350 g/mol. The van der Waals surface area contributed by atoms with E-state index in [9.17, 15) is 4.79 Å². The number of rotatable bonds is 5. The fourth-order valence-corrected chi connectivity index (χ4v) is 2.43. The molecule has 0 amide bonds. The van der Waals surface area contributed by atoms with Crippen LogP contribution in [0.15, 0.2) is 40.9 Å². The predicted molar refractivity (Wildman–Crippen MR) is 83.2 cm³/mol. The summed E-state index contributed by atoms with van der Waals surface area (Å²) in [4.78, 5) is 11.0. The van der Waals surface area contributed by atoms with Crippen molar-refractivity contribution >= 4 is 21.9 Å². The topological polar surface area (TPSA) is 55.8 Å². The lowest BCUT2D eigenvalue weighted by Gasteiger charge is -2.12. The van der Waals surface area contributed by atoms with Crippen LogP contribution in [-0.4, -0.2) is 18.2 Å². The van der Waals surface area contributed by atoms with E-state index in [0.717, 1.165) is 15.8 Å². The third-order valence-electron chi connectivity index (χ3n) is 3.05. The van der Waals surface area contributed by atoms with Crippen molar-refractivity contribution in [2.24, 2.45) is 0 Å². The van der Waals surface area contributed by atoms with Gasteiger partial charge in [0.05, 0.1) is 12.7 Å². The number of hydrogen-bond acceptors (Lipinski definition) is 3. The number of ether oxygens (including phenoxy) is 2. The molecule has 0 bridgehead atoms. The summed E-state index contributed by atoms with van der Waals surface area (Å²) in [5, 5.41) is 9.05. The molecule has 0 spiro atoms. The highest BCUT2D eigenvalue weighted by Gasteiger charge is 2.10. The fraction of sp³-hybridized carbons (Fsp3) is 0.188. The quantitative estimate of drug-likeness (QED) is 0.883. The van der Waals surface area contributed by atoms with E-state index >= 15 is 0 Å². The fourth-order valence-electron chi connectivity index (χ4n) is 1.95. The number of carboxylic acids is 1. The average Bonchev–Trinajstić information content (AvgIpc) is 2.46. The Labute approximate surface area is 131 Å². The third kappa shape index (κ3) is 3.76. The Hall–Kier alpha value is -2.01. The molecule has 110 valence electrons. The van der Waals surface area contributed by atoms with Gasteiger partial charge >= 0.3 is 5.97 Å². The van der Waals surface area contributed by atoms with Crippen molar-refractivity contribution in [3.8, 4) is 11.5 Å². The Balaban J connectivity index is 2.22. The van der Waals surface area contributed by atoms with E-state index in [4.69, 9.17) is 14.6 Å². The van der Waals surface area contributed by atoms with Crippen LogP contribution in [0, 0.1) is 6.92 Å². The van der Waals surface area contributed by atoms with E-state index in [1.54, 1.807) is 19.2 Å². The van der Waals surface area contributed by atoms with Crippen molar-refractivity contribution in [2.45, 2.75) is 13.5 Å². The van der Waals surface area contributed by atoms with Gasteiger partial charge < -0.3 is 14.6 Å². The predicted octanol–water partition coefficient (Wildman–Crippen LogP) is 4.04. The van der Waals surface area contributed by atoms with Gasteiger partial charge in [-0.1, -0.05) is 15.9 Å². The SMILES string of the molecule is COc1ccc(C(=O)O)cc1COc1ccc(Br)cc1C. The average molecular weight is 351 g/mol. The maximum Gasteiger partial charge on any atom is 0.335 e. The molecule has 4 nitrogen and oxygen atoms in total. The summed E-state index contributed by atoms with van der Waals surface area (Å²) < 4.78 is 12.0. The number of benzene rings is 2. The number of carbonyl (C=O) groups is 1. The maximum absolute atomic E-state index is 11.0. The van der Waals surface area contributed by atoms with E-state index < -0.39 is 5.97 Å². The van der Waals surface area contributed by atoms with E-state index in [1.165, 1.54) is 6.07 Å². The van der Waals surface area contributed by atoms with Gasteiger partial charge in [0.1, 0.15) is 18.1 Å². The summed E-state index contributed by atoms with van der Waals surface area (Å²) in [6.07, 6.45) is 0. The first-order chi connectivity index (χ1) is 10.0. The molecular formula is C16H15BrO4. The molecule has 2 aromatic rings. The molecule has 0 saturated heterocycles. The van der Waals surface area contributed by atoms with E-state index in [1.807, 2.05) is 25.1 Å². The van der Waals surface area contributed by atoms with E-state index in [2.05, 4.69) is 15.9 Å². The normalized spacial score (nSPS) is 10.2. The lowest BCUT2D eigenvalue weighted by molar-refractivity contribution is 0.0696. The van der Waals surface area contributed by atoms with Gasteiger partial charge in [-0.25, -0.2) is 4.79 Å². The molecule has 0 radical (unpaired) electrons. The highest BCUT2D eigenvalue weighted by molar-refractivity contribution is 9.10. The molecule has 21 heavy (non-hydrogen) atoms. The highest BCUT2D eigenvalue weighted by Crippen LogP contribution is 2.26. The summed E-state index contributed by atoms with van der Waals surface area (Å²) in [5.41, 5.74) is 1.90. The molecule has 0 fully saturated rings. The summed E-state index contributed by atoms with van der Waals surface area (Å²) in [7, 11) is 1.55. The standard InChI is InChI=1S/C16H15BrO4/c1-10-7-13(17)4-6-14(10)21-9-12-8-11(16(18)19)3-5-15(12)20-2/h3-8H,9H2,1-2H3,(H,18,19). The number of carboxylic acid groups (broad SMARTS) is 1. The van der Waals surface area contributed by atoms with Crippen LogP contribution in [0.5, 0.6) is 11.5 Å². The van der Waals surface area contributed by atoms with Gasteiger partial charge in [-0.05, 0) is 48.9 Å². The molecule has 5 heteroatoms. The number of aryl methyl sites for hydroxylation is 1. The van der Waals surface area contributed by atoms with Gasteiger partial charge in [0, 0.05) is 10.0 Å². The van der Waals surface area contributed by atoms with Gasteiger partial charge in [-0.15, -0.1) is 0 Å². The van der Waals surface area contributed by atoms with Crippen molar-refractivity contribution in [3.05, 3.63) is 57.6 Å². The van der Waals surface area contributed by atoms with E-state index in [0.29, 0.717) is 11.3 Å². The third-order valence-corrected chi connectivity index (χ3v) is 3.54. The van der Waals surface area contributed by atoms with Crippen LogP contribution in [0.25, 0.3) is 0 Å². The molecule has 1 N–H and O–H groups in total. The van der Waals surface area contributed by atoms with Crippen molar-refractivity contribution in [1.29, 1.82) is 0 Å². The molecule has 0 atom stereocenters. The van der Waals surface area contributed by atoms with Crippen molar-refractivity contribution in [2.75, 3.05) is 7.11 Å². The van der Waals surface area contributed by atoms with Gasteiger partial charge in [0.25, 0.3) is 0 Å². The molecule has 0 aliphatic rings. The maximum atomic E-state index is 11.0. The van der Waals surface area contributed by atoms with Crippen LogP contribution in [0.1, 0.15) is 21.5 Å². The van der Waals surface area contributed by atoms with Crippen molar-refractivity contribution in [1.82, 2.24) is 0 Å². The number of halogens is 1. The van der Waals surface area contributed by atoms with Gasteiger partial charge in [-0.3, -0.25) is 0 Å². The first-order valence-electron chi connectivity index (χ1n) is 6.30. The van der Waals surface area contributed by atoms with Crippen molar-refractivity contribution < 1.29 is 19.4 Å². The molecule has 0 aliphatic carbocycles. The van der Waals surface area contributed by atoms with Crippen LogP contribution in [0.2, 0.25) is 0 Å². The molecule has 0 unspecified atom stereocenters. The minimum Gasteiger partial charge on any atom is -0.496 e. The minimum atomic E-state index is -0.973. The summed E-state index contributed by atoms with van der Waals surface area (Å²) in [6, 6.07) is 10.4. The lowest BCUT2D eigenvalue weighted by atomic mass is 10.1. The van der Waals surface area contributed by atoms with Crippen LogP contribution in [0.4, 0.5) is 0 Å². The lowest BCUT2D eigenvalue weighted by Crippen LogP contribution is -2.03. The minimum absolute atomic E-state index is 0.210. The zero-order valence-electron chi connectivity index (χ0n) is 11.7. The summed E-state index contributed by atoms with van der Waals surface area (Å²) in [6.45, 7) is 2.19. The smallest absolute Gasteiger partial charge is 0.335 e. The Morgan fingerprint density at radius 1 is 1.19 bits per heavy atom. The number of methoxy groups -OCH3 is 1. The first kappa shape index (κ1) is 15.4. The highest BCUT2D eigenvalue weighted by atomic mass is 79.9. The largest absolute Gasteiger partial charge is 0.496 e. The summed E-state index contributed by atoms with van der Waals surface area (Å²) >= 11 is 3.40. The molecule has 0 saturated carbocycles. The van der Waals surface area contributed by atoms with Gasteiger partial charge in [0.2, 0.25) is 0 Å². The van der Waals surface area contributed by atoms with E-state index in [-0.39, 0.29) is 12.2 Å². The second kappa shape index (κ2) is 6.63. The molecule has 0 aliphatic heterocycles. The molecular weight excluding hydrogens is 336 g/mol. The summed E-state index contributed by atoms with van der Waals surface area (Å²) in [5.74, 6) is 0.384. The zero-order chi connectivity index (χ0) is 15.4. The Morgan fingerprint density at radius 3 is 2.52 bits per heavy atom. The Morgan fingerprint density at radius 2 is 1.90 bits per heavy atom. The molecule has 2 rings (SSSR count). The Bertz CT molecular complexity index is 667. The van der Waals surface area contributed by atoms with Crippen LogP contribution in [0.3, 0.4) is 0 Å². The van der Waals surface area contributed by atoms with Crippen LogP contribution in [-0.2, 0) is 6.61 Å². The first-order valence-corrected chi connectivity index (χ1v) is 7.09. The molecule has 0 aromatic heterocycles. The van der Waals surface area contributed by atoms with Crippen molar-refractivity contribution in [3.63, 3.8) is 0 Å². The van der Waals surface area contributed by atoms with Crippen LogP contribution >= 0.6 is 15.9 Å².